The van der Waals surface area contributed by atoms with Crippen LogP contribution in [0.5, 0.6) is 0 Å². The largest absolute Gasteiger partial charge is 0.264 e. The first-order valence-electron chi connectivity index (χ1n) is 5.53. The van der Waals surface area contributed by atoms with Crippen LogP contribution in [0, 0.1) is 0 Å². The highest BCUT2D eigenvalue weighted by molar-refractivity contribution is 5.76. The maximum atomic E-state index is 4.23. The van der Waals surface area contributed by atoms with Crippen LogP contribution in [0.3, 0.4) is 0 Å². The molecule has 16 heavy (non-hydrogen) atoms. The standard InChI is InChI=1S/C15H13N/c1-11-14-7-3-2-5-12(14)9-15(11)13-6-4-8-16-10-13/h2-8,10,15H,1,9H2. The molecule has 1 aromatic heterocycles. The molecule has 0 fully saturated rings. The smallest absolute Gasteiger partial charge is 0.0306 e. The minimum absolute atomic E-state index is 0.408. The fourth-order valence-corrected chi connectivity index (χ4v) is 2.44. The van der Waals surface area contributed by atoms with Gasteiger partial charge >= 0.3 is 0 Å². The summed E-state index contributed by atoms with van der Waals surface area (Å²) in [5, 5.41) is 0. The second kappa shape index (κ2) is 3.60. The molecule has 1 aromatic carbocycles. The Bertz CT molecular complexity index is 528. The van der Waals surface area contributed by atoms with Gasteiger partial charge in [0.1, 0.15) is 0 Å². The minimum Gasteiger partial charge on any atom is -0.264 e. The van der Waals surface area contributed by atoms with Gasteiger partial charge in [0, 0.05) is 18.3 Å². The lowest BCUT2D eigenvalue weighted by atomic mass is 9.94. The van der Waals surface area contributed by atoms with E-state index >= 15 is 0 Å². The zero-order valence-corrected chi connectivity index (χ0v) is 9.06. The SMILES string of the molecule is C=C1c2ccccc2CC1c1cccnc1. The molecule has 1 aliphatic rings. The molecular weight excluding hydrogens is 194 g/mol. The average Bonchev–Trinajstić information content (AvgIpc) is 2.69. The lowest BCUT2D eigenvalue weighted by molar-refractivity contribution is 0.891. The monoisotopic (exact) mass is 207 g/mol. The van der Waals surface area contributed by atoms with E-state index in [1.54, 1.807) is 0 Å². The molecule has 2 aromatic rings. The zero-order valence-electron chi connectivity index (χ0n) is 9.06. The van der Waals surface area contributed by atoms with Crippen molar-refractivity contribution in [2.45, 2.75) is 12.3 Å². The summed E-state index contributed by atoms with van der Waals surface area (Å²) in [5.74, 6) is 0.408. The lowest BCUT2D eigenvalue weighted by Gasteiger charge is -2.10. The van der Waals surface area contributed by atoms with Gasteiger partial charge < -0.3 is 0 Å². The number of benzene rings is 1. The quantitative estimate of drug-likeness (QED) is 0.698. The predicted octanol–water partition coefficient (Wildman–Crippen LogP) is 3.43. The molecule has 0 saturated carbocycles. The number of hydrogen-bond acceptors (Lipinski definition) is 1. The van der Waals surface area contributed by atoms with Crippen molar-refractivity contribution >= 4 is 5.57 Å². The number of nitrogens with zero attached hydrogens (tertiary/aromatic N) is 1. The first-order valence-corrected chi connectivity index (χ1v) is 5.53. The van der Waals surface area contributed by atoms with E-state index in [1.165, 1.54) is 22.3 Å². The molecule has 0 amide bonds. The number of hydrogen-bond donors (Lipinski definition) is 0. The van der Waals surface area contributed by atoms with Gasteiger partial charge in [-0.25, -0.2) is 0 Å². The van der Waals surface area contributed by atoms with E-state index in [-0.39, 0.29) is 0 Å². The number of rotatable bonds is 1. The highest BCUT2D eigenvalue weighted by Crippen LogP contribution is 2.41. The van der Waals surface area contributed by atoms with Gasteiger partial charge in [0.15, 0.2) is 0 Å². The predicted molar refractivity (Wildman–Crippen MR) is 66.2 cm³/mol. The maximum absolute atomic E-state index is 4.23. The first-order chi connectivity index (χ1) is 7.86. The van der Waals surface area contributed by atoms with Crippen molar-refractivity contribution < 1.29 is 0 Å². The molecule has 1 nitrogen and oxygen atoms in total. The third-order valence-electron chi connectivity index (χ3n) is 3.29. The molecule has 0 bridgehead atoms. The van der Waals surface area contributed by atoms with Crippen LogP contribution in [0.1, 0.15) is 22.6 Å². The van der Waals surface area contributed by atoms with Gasteiger partial charge in [-0.05, 0) is 34.8 Å². The van der Waals surface area contributed by atoms with E-state index in [2.05, 4.69) is 41.9 Å². The Morgan fingerprint density at radius 1 is 1.12 bits per heavy atom. The molecule has 1 unspecified atom stereocenters. The Kier molecular flexibility index (Phi) is 2.10. The van der Waals surface area contributed by atoms with E-state index in [9.17, 15) is 0 Å². The topological polar surface area (TPSA) is 12.9 Å². The number of aromatic nitrogens is 1. The second-order valence-corrected chi connectivity index (χ2v) is 4.23. The van der Waals surface area contributed by atoms with Gasteiger partial charge in [0.25, 0.3) is 0 Å². The van der Waals surface area contributed by atoms with Crippen LogP contribution in [0.4, 0.5) is 0 Å². The van der Waals surface area contributed by atoms with E-state index in [1.807, 2.05) is 18.5 Å². The highest BCUT2D eigenvalue weighted by atomic mass is 14.6. The molecule has 0 N–H and O–H groups in total. The van der Waals surface area contributed by atoms with Crippen molar-refractivity contribution in [1.29, 1.82) is 0 Å². The van der Waals surface area contributed by atoms with Crippen LogP contribution in [0.15, 0.2) is 55.4 Å². The molecular formula is C15H13N. The molecule has 3 rings (SSSR count). The maximum Gasteiger partial charge on any atom is 0.0306 e. The van der Waals surface area contributed by atoms with Gasteiger partial charge in [-0.2, -0.15) is 0 Å². The van der Waals surface area contributed by atoms with Crippen molar-refractivity contribution in [2.75, 3.05) is 0 Å². The molecule has 1 heteroatoms. The van der Waals surface area contributed by atoms with Crippen LogP contribution in [-0.4, -0.2) is 4.98 Å². The lowest BCUT2D eigenvalue weighted by Crippen LogP contribution is -1.96. The summed E-state index contributed by atoms with van der Waals surface area (Å²) in [5.41, 5.74) is 5.21. The minimum atomic E-state index is 0.408. The van der Waals surface area contributed by atoms with E-state index < -0.39 is 0 Å². The third-order valence-corrected chi connectivity index (χ3v) is 3.29. The Labute approximate surface area is 95.5 Å². The Balaban J connectivity index is 2.02. The summed E-state index contributed by atoms with van der Waals surface area (Å²) in [4.78, 5) is 4.19. The highest BCUT2D eigenvalue weighted by Gasteiger charge is 2.25. The second-order valence-electron chi connectivity index (χ2n) is 4.23. The van der Waals surface area contributed by atoms with Crippen LogP contribution in [-0.2, 0) is 6.42 Å². The Hall–Kier alpha value is -1.89. The van der Waals surface area contributed by atoms with Crippen molar-refractivity contribution in [3.8, 4) is 0 Å². The number of allylic oxidation sites excluding steroid dienone is 1. The summed E-state index contributed by atoms with van der Waals surface area (Å²) in [6.07, 6.45) is 4.82. The molecule has 78 valence electrons. The van der Waals surface area contributed by atoms with Gasteiger partial charge in [-0.1, -0.05) is 36.9 Å². The molecule has 1 heterocycles. The Morgan fingerprint density at radius 3 is 2.75 bits per heavy atom. The first kappa shape index (κ1) is 9.34. The third kappa shape index (κ3) is 1.36. The van der Waals surface area contributed by atoms with Crippen molar-refractivity contribution in [2.24, 2.45) is 0 Å². The summed E-state index contributed by atoms with van der Waals surface area (Å²) in [6.45, 7) is 4.23. The molecule has 0 radical (unpaired) electrons. The normalized spacial score (nSPS) is 18.5. The van der Waals surface area contributed by atoms with Gasteiger partial charge in [0.05, 0.1) is 0 Å². The molecule has 1 aliphatic carbocycles. The van der Waals surface area contributed by atoms with E-state index in [4.69, 9.17) is 0 Å². The van der Waals surface area contributed by atoms with Gasteiger partial charge in [-0.3, -0.25) is 4.98 Å². The summed E-state index contributed by atoms with van der Waals surface area (Å²) < 4.78 is 0. The van der Waals surface area contributed by atoms with Crippen LogP contribution in [0.2, 0.25) is 0 Å². The van der Waals surface area contributed by atoms with E-state index in [0.29, 0.717) is 5.92 Å². The fourth-order valence-electron chi connectivity index (χ4n) is 2.44. The van der Waals surface area contributed by atoms with Crippen LogP contribution in [0.25, 0.3) is 5.57 Å². The molecule has 0 saturated heterocycles. The Morgan fingerprint density at radius 2 is 2.00 bits per heavy atom. The van der Waals surface area contributed by atoms with Gasteiger partial charge in [-0.15, -0.1) is 0 Å². The molecule has 1 atom stereocenters. The summed E-state index contributed by atoms with van der Waals surface area (Å²) in [6, 6.07) is 12.7. The van der Waals surface area contributed by atoms with E-state index in [0.717, 1.165) is 6.42 Å². The number of pyridine rings is 1. The van der Waals surface area contributed by atoms with Crippen molar-refractivity contribution in [3.63, 3.8) is 0 Å². The summed E-state index contributed by atoms with van der Waals surface area (Å²) in [7, 11) is 0. The van der Waals surface area contributed by atoms with Crippen molar-refractivity contribution in [1.82, 2.24) is 4.98 Å². The summed E-state index contributed by atoms with van der Waals surface area (Å²) >= 11 is 0. The number of fused-ring (bicyclic) bond motifs is 1. The molecule has 0 aliphatic heterocycles. The van der Waals surface area contributed by atoms with Crippen LogP contribution < -0.4 is 0 Å². The fraction of sp³-hybridized carbons (Fsp3) is 0.133. The molecule has 0 spiro atoms. The van der Waals surface area contributed by atoms with Crippen LogP contribution >= 0.6 is 0 Å². The van der Waals surface area contributed by atoms with Gasteiger partial charge in [0.2, 0.25) is 0 Å². The average molecular weight is 207 g/mol. The zero-order chi connectivity index (χ0) is 11.0. The van der Waals surface area contributed by atoms with Crippen molar-refractivity contribution in [3.05, 3.63) is 72.1 Å².